The van der Waals surface area contributed by atoms with Crippen LogP contribution in [0.4, 0.5) is 5.69 Å². The first-order valence-electron chi connectivity index (χ1n) is 9.46. The lowest BCUT2D eigenvalue weighted by atomic mass is 9.80. The highest BCUT2D eigenvalue weighted by Gasteiger charge is 2.60. The fourth-order valence-electron chi connectivity index (χ4n) is 4.43. The average molecular weight is 399 g/mol. The van der Waals surface area contributed by atoms with Crippen molar-refractivity contribution < 1.29 is 14.4 Å². The van der Waals surface area contributed by atoms with Crippen LogP contribution in [0.15, 0.2) is 48.5 Å². The summed E-state index contributed by atoms with van der Waals surface area (Å²) in [5, 5.41) is 2.30. The van der Waals surface area contributed by atoms with Crippen molar-refractivity contribution in [3.05, 3.63) is 64.7 Å². The van der Waals surface area contributed by atoms with Crippen molar-refractivity contribution >= 4 is 29.0 Å². The van der Waals surface area contributed by atoms with E-state index < -0.39 is 11.5 Å². The number of benzene rings is 2. The molecule has 2 aliphatic rings. The Hall–Kier alpha value is -2.21. The number of piperidine rings is 1. The Kier molecular flexibility index (Phi) is 5.00. The van der Waals surface area contributed by atoms with Crippen molar-refractivity contribution in [1.82, 2.24) is 5.06 Å². The zero-order valence-electron chi connectivity index (χ0n) is 16.0. The lowest BCUT2D eigenvalue weighted by Gasteiger charge is -2.42. The monoisotopic (exact) mass is 398 g/mol. The van der Waals surface area contributed by atoms with Gasteiger partial charge in [0.2, 0.25) is 5.91 Å². The molecule has 6 heteroatoms. The SMILES string of the molecule is CON1CCC2(CC1)C(=O)C(c1ccc(C)cc1Cl)C(=O)N2c1ccccc1. The van der Waals surface area contributed by atoms with Gasteiger partial charge in [-0.1, -0.05) is 41.9 Å². The Labute approximate surface area is 169 Å². The number of para-hydroxylation sites is 1. The second-order valence-corrected chi connectivity index (χ2v) is 7.88. The molecule has 1 amide bonds. The Morgan fingerprint density at radius 1 is 1.07 bits per heavy atom. The smallest absolute Gasteiger partial charge is 0.243 e. The molecule has 2 aromatic carbocycles. The molecule has 5 nitrogen and oxygen atoms in total. The molecule has 0 N–H and O–H groups in total. The number of rotatable bonds is 3. The van der Waals surface area contributed by atoms with Gasteiger partial charge >= 0.3 is 0 Å². The number of ketones is 1. The molecule has 1 atom stereocenters. The van der Waals surface area contributed by atoms with Crippen LogP contribution in [0, 0.1) is 6.92 Å². The molecule has 28 heavy (non-hydrogen) atoms. The van der Waals surface area contributed by atoms with Crippen molar-refractivity contribution in [3.8, 4) is 0 Å². The molecular weight excluding hydrogens is 376 g/mol. The van der Waals surface area contributed by atoms with Crippen LogP contribution in [0.2, 0.25) is 5.02 Å². The molecule has 1 unspecified atom stereocenters. The van der Waals surface area contributed by atoms with Crippen LogP contribution < -0.4 is 4.90 Å². The summed E-state index contributed by atoms with van der Waals surface area (Å²) in [6.07, 6.45) is 1.06. The first-order valence-corrected chi connectivity index (χ1v) is 9.84. The maximum atomic E-state index is 13.7. The molecular formula is C22H23ClN2O3. The minimum atomic E-state index is -0.873. The van der Waals surface area contributed by atoms with Gasteiger partial charge in [0.15, 0.2) is 5.78 Å². The van der Waals surface area contributed by atoms with Crippen LogP contribution in [-0.2, 0) is 14.4 Å². The molecule has 0 aliphatic carbocycles. The lowest BCUT2D eigenvalue weighted by molar-refractivity contribution is -0.155. The number of Topliss-reactive ketones (excluding diaryl/α,β-unsaturated/α-hetero) is 1. The first kappa shape index (κ1) is 19.1. The standard InChI is InChI=1S/C22H23ClN2O3/c1-15-8-9-17(18(23)14-15)19-20(26)22(10-12-24(28-2)13-11-22)25(21(19)27)16-6-4-3-5-7-16/h3-9,14,19H,10-13H2,1-2H3. The minimum Gasteiger partial charge on any atom is -0.302 e. The summed E-state index contributed by atoms with van der Waals surface area (Å²) < 4.78 is 0. The first-order chi connectivity index (χ1) is 13.5. The Morgan fingerprint density at radius 2 is 1.75 bits per heavy atom. The summed E-state index contributed by atoms with van der Waals surface area (Å²) >= 11 is 6.46. The van der Waals surface area contributed by atoms with E-state index in [9.17, 15) is 9.59 Å². The number of amides is 1. The summed E-state index contributed by atoms with van der Waals surface area (Å²) in [5.74, 6) is -1.14. The van der Waals surface area contributed by atoms with Crippen LogP contribution in [0.25, 0.3) is 0 Å². The van der Waals surface area contributed by atoms with Gasteiger partial charge in [-0.05, 0) is 49.1 Å². The van der Waals surface area contributed by atoms with Crippen LogP contribution in [0.1, 0.15) is 29.9 Å². The molecule has 2 aliphatic heterocycles. The highest BCUT2D eigenvalue weighted by Crippen LogP contribution is 2.46. The van der Waals surface area contributed by atoms with Gasteiger partial charge in [-0.2, -0.15) is 5.06 Å². The number of nitrogens with zero attached hydrogens (tertiary/aromatic N) is 2. The number of hydrogen-bond donors (Lipinski definition) is 0. The Bertz CT molecular complexity index is 907. The van der Waals surface area contributed by atoms with E-state index in [2.05, 4.69) is 0 Å². The highest BCUT2D eigenvalue weighted by atomic mass is 35.5. The van der Waals surface area contributed by atoms with Crippen molar-refractivity contribution in [2.75, 3.05) is 25.1 Å². The van der Waals surface area contributed by atoms with E-state index in [-0.39, 0.29) is 11.7 Å². The number of aryl methyl sites for hydroxylation is 1. The fourth-order valence-corrected chi connectivity index (χ4v) is 4.78. The van der Waals surface area contributed by atoms with E-state index in [0.29, 0.717) is 36.5 Å². The van der Waals surface area contributed by atoms with Crippen molar-refractivity contribution in [2.24, 2.45) is 0 Å². The molecule has 2 fully saturated rings. The van der Waals surface area contributed by atoms with Gasteiger partial charge in [0, 0.05) is 23.8 Å². The van der Waals surface area contributed by atoms with Crippen LogP contribution >= 0.6 is 11.6 Å². The number of carbonyl (C=O) groups is 2. The van der Waals surface area contributed by atoms with E-state index in [1.807, 2.05) is 60.5 Å². The molecule has 4 rings (SSSR count). The maximum absolute atomic E-state index is 13.7. The molecule has 1 spiro atoms. The summed E-state index contributed by atoms with van der Waals surface area (Å²) in [5.41, 5.74) is 1.47. The van der Waals surface area contributed by atoms with E-state index in [1.54, 1.807) is 12.0 Å². The predicted octanol–water partition coefficient (Wildman–Crippen LogP) is 3.74. The highest BCUT2D eigenvalue weighted by molar-refractivity contribution is 6.34. The summed E-state index contributed by atoms with van der Waals surface area (Å²) in [7, 11) is 1.63. The zero-order valence-corrected chi connectivity index (χ0v) is 16.8. The van der Waals surface area contributed by atoms with Crippen molar-refractivity contribution in [2.45, 2.75) is 31.2 Å². The van der Waals surface area contributed by atoms with Gasteiger partial charge < -0.3 is 4.84 Å². The van der Waals surface area contributed by atoms with Crippen LogP contribution in [0.3, 0.4) is 0 Å². The minimum absolute atomic E-state index is 0.0668. The Morgan fingerprint density at radius 3 is 2.36 bits per heavy atom. The van der Waals surface area contributed by atoms with Gasteiger partial charge in [0.25, 0.3) is 0 Å². The van der Waals surface area contributed by atoms with Gasteiger partial charge in [0.1, 0.15) is 11.5 Å². The fraction of sp³-hybridized carbons (Fsp3) is 0.364. The van der Waals surface area contributed by atoms with Crippen molar-refractivity contribution in [1.29, 1.82) is 0 Å². The molecule has 2 heterocycles. The topological polar surface area (TPSA) is 49.9 Å². The molecule has 0 saturated carbocycles. The quantitative estimate of drug-likeness (QED) is 0.739. The van der Waals surface area contributed by atoms with Gasteiger partial charge in [-0.3, -0.25) is 14.5 Å². The molecule has 0 bridgehead atoms. The third kappa shape index (κ3) is 2.94. The predicted molar refractivity (Wildman–Crippen MR) is 108 cm³/mol. The number of halogens is 1. The molecule has 0 aromatic heterocycles. The molecule has 2 saturated heterocycles. The number of hydroxylamine groups is 2. The number of carbonyl (C=O) groups excluding carboxylic acids is 2. The van der Waals surface area contributed by atoms with Crippen LogP contribution in [0.5, 0.6) is 0 Å². The van der Waals surface area contributed by atoms with E-state index in [1.165, 1.54) is 0 Å². The van der Waals surface area contributed by atoms with E-state index in [0.717, 1.165) is 11.3 Å². The van der Waals surface area contributed by atoms with Gasteiger partial charge in [-0.25, -0.2) is 0 Å². The second kappa shape index (κ2) is 7.32. The number of hydrogen-bond acceptors (Lipinski definition) is 4. The second-order valence-electron chi connectivity index (χ2n) is 7.47. The van der Waals surface area contributed by atoms with Crippen LogP contribution in [-0.4, -0.2) is 42.5 Å². The summed E-state index contributed by atoms with van der Waals surface area (Å²) in [6, 6.07) is 15.0. The van der Waals surface area contributed by atoms with Crippen molar-refractivity contribution in [3.63, 3.8) is 0 Å². The molecule has 2 aromatic rings. The van der Waals surface area contributed by atoms with E-state index in [4.69, 9.17) is 16.4 Å². The summed E-state index contributed by atoms with van der Waals surface area (Å²) in [6.45, 7) is 3.12. The Balaban J connectivity index is 1.81. The number of anilines is 1. The summed E-state index contributed by atoms with van der Waals surface area (Å²) in [4.78, 5) is 34.4. The zero-order chi connectivity index (χ0) is 19.9. The largest absolute Gasteiger partial charge is 0.302 e. The lowest BCUT2D eigenvalue weighted by Crippen LogP contribution is -2.56. The maximum Gasteiger partial charge on any atom is 0.243 e. The van der Waals surface area contributed by atoms with Gasteiger partial charge in [-0.15, -0.1) is 0 Å². The van der Waals surface area contributed by atoms with Gasteiger partial charge in [0.05, 0.1) is 7.11 Å². The third-order valence-corrected chi connectivity index (χ3v) is 6.23. The van der Waals surface area contributed by atoms with E-state index >= 15 is 0 Å². The normalized spacial score (nSPS) is 22.2. The molecule has 0 radical (unpaired) electrons. The average Bonchev–Trinajstić information content (AvgIpc) is 2.90. The molecule has 146 valence electrons. The third-order valence-electron chi connectivity index (χ3n) is 5.91.